The summed E-state index contributed by atoms with van der Waals surface area (Å²) in [5, 5.41) is 6.08. The van der Waals surface area contributed by atoms with Crippen LogP contribution >= 0.6 is 0 Å². The van der Waals surface area contributed by atoms with Gasteiger partial charge in [-0.3, -0.25) is 5.32 Å². The van der Waals surface area contributed by atoms with Crippen molar-refractivity contribution in [2.75, 3.05) is 14.1 Å². The second-order valence-electron chi connectivity index (χ2n) is 3.64. The van der Waals surface area contributed by atoms with Gasteiger partial charge in [0.05, 0.1) is 5.54 Å². The van der Waals surface area contributed by atoms with Crippen LogP contribution in [0.4, 0.5) is 0 Å². The van der Waals surface area contributed by atoms with Gasteiger partial charge in [-0.15, -0.1) is 6.42 Å². The predicted octanol–water partition coefficient (Wildman–Crippen LogP) is 0.599. The third-order valence-electron chi connectivity index (χ3n) is 2.04. The largest absolute Gasteiger partial charge is 0.305 e. The van der Waals surface area contributed by atoms with Gasteiger partial charge < -0.3 is 5.32 Å². The van der Waals surface area contributed by atoms with Crippen LogP contribution < -0.4 is 10.6 Å². The predicted molar refractivity (Wildman–Crippen MR) is 57.2 cm³/mol. The van der Waals surface area contributed by atoms with Gasteiger partial charge in [-0.05, 0) is 34.9 Å². The normalized spacial score (nSPS) is 15.1. The van der Waals surface area contributed by atoms with Crippen molar-refractivity contribution in [1.29, 1.82) is 0 Å². The highest BCUT2D eigenvalue weighted by molar-refractivity contribution is 5.32. The van der Waals surface area contributed by atoms with Crippen molar-refractivity contribution in [3.63, 3.8) is 0 Å². The van der Waals surface area contributed by atoms with Crippen LogP contribution in [0.25, 0.3) is 0 Å². The van der Waals surface area contributed by atoms with Gasteiger partial charge in [0.1, 0.15) is 5.54 Å². The Morgan fingerprint density at radius 3 is 1.85 bits per heavy atom. The molecule has 0 saturated carbocycles. The molecule has 13 heavy (non-hydrogen) atoms. The lowest BCUT2D eigenvalue weighted by atomic mass is 10.0. The molecule has 0 fully saturated rings. The molecule has 2 nitrogen and oxygen atoms in total. The number of hydrogen-bond donors (Lipinski definition) is 2. The highest BCUT2D eigenvalue weighted by Gasteiger charge is 2.16. The van der Waals surface area contributed by atoms with E-state index < -0.39 is 5.54 Å². The number of hydrogen-bond acceptors (Lipinski definition) is 2. The molecule has 2 heteroatoms. The molecule has 0 heterocycles. The van der Waals surface area contributed by atoms with E-state index in [0.717, 1.165) is 0 Å². The summed E-state index contributed by atoms with van der Waals surface area (Å²) >= 11 is 0. The first-order chi connectivity index (χ1) is 5.89. The zero-order chi connectivity index (χ0) is 10.5. The summed E-state index contributed by atoms with van der Waals surface area (Å²) in [5.41, 5.74) is -0.733. The molecule has 2 N–H and O–H groups in total. The number of nitrogens with one attached hydrogen (secondary N) is 2. The summed E-state index contributed by atoms with van der Waals surface area (Å²) in [6, 6.07) is 0. The van der Waals surface area contributed by atoms with Crippen LogP contribution in [0.15, 0.2) is 0 Å². The SMILES string of the molecule is C#CC(C)(C#CC(C)(C)NC)NC. The Morgan fingerprint density at radius 1 is 1.00 bits per heavy atom. The minimum absolute atomic E-state index is 0.199. The molecule has 0 aromatic rings. The zero-order valence-corrected chi connectivity index (χ0v) is 9.08. The van der Waals surface area contributed by atoms with Crippen LogP contribution in [0.2, 0.25) is 0 Å². The lowest BCUT2D eigenvalue weighted by molar-refractivity contribution is 0.543. The Bertz CT molecular complexity index is 262. The van der Waals surface area contributed by atoms with Crippen molar-refractivity contribution >= 4 is 0 Å². The minimum atomic E-state index is -0.534. The first-order valence-corrected chi connectivity index (χ1v) is 4.29. The Labute approximate surface area is 81.5 Å². The number of terminal acetylenes is 1. The highest BCUT2D eigenvalue weighted by atomic mass is 14.9. The summed E-state index contributed by atoms with van der Waals surface area (Å²) in [6.07, 6.45) is 5.35. The first-order valence-electron chi connectivity index (χ1n) is 4.29. The monoisotopic (exact) mass is 178 g/mol. The van der Waals surface area contributed by atoms with E-state index in [1.54, 1.807) is 7.05 Å². The summed E-state index contributed by atoms with van der Waals surface area (Å²) in [5.74, 6) is 8.72. The topological polar surface area (TPSA) is 24.1 Å². The Morgan fingerprint density at radius 2 is 1.54 bits per heavy atom. The van der Waals surface area contributed by atoms with Gasteiger partial charge in [0, 0.05) is 0 Å². The Kier molecular flexibility index (Phi) is 4.01. The van der Waals surface area contributed by atoms with Crippen LogP contribution in [0.3, 0.4) is 0 Å². The molecule has 1 unspecified atom stereocenters. The highest BCUT2D eigenvalue weighted by Crippen LogP contribution is 2.02. The van der Waals surface area contributed by atoms with Gasteiger partial charge in [-0.25, -0.2) is 0 Å². The summed E-state index contributed by atoms with van der Waals surface area (Å²) in [6.45, 7) is 5.89. The van der Waals surface area contributed by atoms with Gasteiger partial charge in [0.2, 0.25) is 0 Å². The van der Waals surface area contributed by atoms with Gasteiger partial charge in [0.15, 0.2) is 0 Å². The van der Waals surface area contributed by atoms with Crippen molar-refractivity contribution in [2.45, 2.75) is 31.8 Å². The van der Waals surface area contributed by atoms with Crippen LogP contribution in [0.1, 0.15) is 20.8 Å². The lowest BCUT2D eigenvalue weighted by Gasteiger charge is -2.19. The smallest absolute Gasteiger partial charge is 0.138 e. The first kappa shape index (κ1) is 12.0. The van der Waals surface area contributed by atoms with E-state index in [-0.39, 0.29) is 5.54 Å². The molecule has 0 radical (unpaired) electrons. The van der Waals surface area contributed by atoms with E-state index in [0.29, 0.717) is 0 Å². The van der Waals surface area contributed by atoms with E-state index in [9.17, 15) is 0 Å². The molecular formula is C11H18N2. The molecule has 0 bridgehead atoms. The molecule has 0 aromatic heterocycles. The second-order valence-corrected chi connectivity index (χ2v) is 3.64. The fourth-order valence-corrected chi connectivity index (χ4v) is 0.515. The standard InChI is InChI=1S/C11H18N2/c1-7-11(4,13-6)9-8-10(2,3)12-5/h1,12-13H,2-6H3. The molecule has 0 amide bonds. The molecule has 0 aliphatic rings. The van der Waals surface area contributed by atoms with Crippen molar-refractivity contribution in [1.82, 2.24) is 10.6 Å². The summed E-state index contributed by atoms with van der Waals surface area (Å²) in [4.78, 5) is 0. The van der Waals surface area contributed by atoms with Crippen LogP contribution in [0, 0.1) is 24.2 Å². The molecule has 1 atom stereocenters. The molecule has 0 aliphatic carbocycles. The van der Waals surface area contributed by atoms with Crippen LogP contribution in [-0.4, -0.2) is 25.2 Å². The van der Waals surface area contributed by atoms with Crippen molar-refractivity contribution in [3.8, 4) is 24.2 Å². The van der Waals surface area contributed by atoms with Gasteiger partial charge in [-0.2, -0.15) is 0 Å². The minimum Gasteiger partial charge on any atom is -0.305 e. The van der Waals surface area contributed by atoms with Crippen LogP contribution in [-0.2, 0) is 0 Å². The maximum Gasteiger partial charge on any atom is 0.138 e. The van der Waals surface area contributed by atoms with E-state index in [1.807, 2.05) is 27.8 Å². The average Bonchev–Trinajstić information content (AvgIpc) is 2.14. The van der Waals surface area contributed by atoms with Crippen molar-refractivity contribution in [2.24, 2.45) is 0 Å². The van der Waals surface area contributed by atoms with Gasteiger partial charge >= 0.3 is 0 Å². The number of rotatable bonds is 2. The van der Waals surface area contributed by atoms with E-state index in [4.69, 9.17) is 6.42 Å². The summed E-state index contributed by atoms with van der Waals surface area (Å²) in [7, 11) is 3.68. The molecule has 0 aliphatic heterocycles. The van der Waals surface area contributed by atoms with Crippen LogP contribution in [0.5, 0.6) is 0 Å². The fourth-order valence-electron chi connectivity index (χ4n) is 0.515. The third-order valence-corrected chi connectivity index (χ3v) is 2.04. The maximum absolute atomic E-state index is 5.35. The van der Waals surface area contributed by atoms with E-state index >= 15 is 0 Å². The Balaban J connectivity index is 4.68. The van der Waals surface area contributed by atoms with Crippen molar-refractivity contribution in [3.05, 3.63) is 0 Å². The third kappa shape index (κ3) is 3.99. The molecule has 0 spiro atoms. The maximum atomic E-state index is 5.35. The zero-order valence-electron chi connectivity index (χ0n) is 9.08. The second kappa shape index (κ2) is 4.33. The van der Waals surface area contributed by atoms with Gasteiger partial charge in [-0.1, -0.05) is 17.8 Å². The quantitative estimate of drug-likeness (QED) is 0.605. The van der Waals surface area contributed by atoms with E-state index in [2.05, 4.69) is 28.4 Å². The summed E-state index contributed by atoms with van der Waals surface area (Å²) < 4.78 is 0. The fraction of sp³-hybridized carbons (Fsp3) is 0.636. The average molecular weight is 178 g/mol. The molecule has 0 rings (SSSR count). The Hall–Kier alpha value is -0.960. The molecule has 72 valence electrons. The van der Waals surface area contributed by atoms with Gasteiger partial charge in [0.25, 0.3) is 0 Å². The van der Waals surface area contributed by atoms with Crippen molar-refractivity contribution < 1.29 is 0 Å². The molecule has 0 aromatic carbocycles. The van der Waals surface area contributed by atoms with E-state index in [1.165, 1.54) is 0 Å². The molecule has 0 saturated heterocycles. The lowest BCUT2D eigenvalue weighted by Crippen LogP contribution is -2.39. The molecular weight excluding hydrogens is 160 g/mol.